The Kier molecular flexibility index (Phi) is 3.95. The van der Waals surface area contributed by atoms with E-state index in [1.807, 2.05) is 0 Å². The molecule has 0 bridgehead atoms. The highest BCUT2D eigenvalue weighted by atomic mass is 35.5. The summed E-state index contributed by atoms with van der Waals surface area (Å²) in [4.78, 5) is 21.0. The van der Waals surface area contributed by atoms with Gasteiger partial charge in [-0.1, -0.05) is 23.8 Å². The van der Waals surface area contributed by atoms with Crippen LogP contribution in [-0.2, 0) is 10.2 Å². The molecule has 118 valence electrons. The third-order valence-corrected chi connectivity index (χ3v) is 4.27. The van der Waals surface area contributed by atoms with Crippen LogP contribution in [0.2, 0.25) is 5.02 Å². The number of alkyl halides is 2. The fourth-order valence-corrected chi connectivity index (χ4v) is 2.78. The smallest absolute Gasteiger partial charge is 0.310 e. The summed E-state index contributed by atoms with van der Waals surface area (Å²) in [5.41, 5.74) is -2.37. The molecule has 0 aromatic heterocycles. The minimum atomic E-state index is -3.41. The van der Waals surface area contributed by atoms with Gasteiger partial charge < -0.3 is 5.11 Å². The Morgan fingerprint density at radius 1 is 1.50 bits per heavy atom. The average Bonchev–Trinajstić information content (AvgIpc) is 2.41. The number of hydrogen-bond donors (Lipinski definition) is 1. The van der Waals surface area contributed by atoms with Gasteiger partial charge in [0.25, 0.3) is 11.6 Å². The van der Waals surface area contributed by atoms with Crippen LogP contribution in [0.1, 0.15) is 18.9 Å². The first kappa shape index (κ1) is 16.4. The van der Waals surface area contributed by atoms with Crippen LogP contribution in [0.5, 0.6) is 0 Å². The number of nitro benzene ring substituents is 1. The predicted octanol–water partition coefficient (Wildman–Crippen LogP) is 3.80. The lowest BCUT2D eigenvalue weighted by molar-refractivity contribution is -0.385. The van der Waals surface area contributed by atoms with Gasteiger partial charge in [-0.2, -0.15) is 0 Å². The zero-order valence-electron chi connectivity index (χ0n) is 11.4. The molecule has 0 heterocycles. The van der Waals surface area contributed by atoms with E-state index in [0.717, 1.165) is 18.2 Å². The van der Waals surface area contributed by atoms with Gasteiger partial charge in [0, 0.05) is 23.6 Å². The third-order valence-electron chi connectivity index (χ3n) is 3.94. The molecule has 0 spiro atoms. The maximum absolute atomic E-state index is 14.5. The molecule has 2 rings (SSSR count). The summed E-state index contributed by atoms with van der Waals surface area (Å²) in [7, 11) is 0. The number of carboxylic acid groups (broad SMARTS) is 1. The van der Waals surface area contributed by atoms with Crippen molar-refractivity contribution in [1.82, 2.24) is 0 Å². The van der Waals surface area contributed by atoms with Gasteiger partial charge in [0.1, 0.15) is 0 Å². The van der Waals surface area contributed by atoms with Crippen molar-refractivity contribution in [2.75, 3.05) is 0 Å². The second-order valence-electron chi connectivity index (χ2n) is 5.34. The first-order valence-electron chi connectivity index (χ1n) is 6.33. The SMILES string of the molecule is CC1(c2cc([N+](=O)[O-])ccc2Cl)C=C[C@H](C(=O)O)CC1(F)F. The Bertz CT molecular complexity index is 677. The van der Waals surface area contributed by atoms with Crippen LogP contribution in [0.25, 0.3) is 0 Å². The summed E-state index contributed by atoms with van der Waals surface area (Å²) in [6.45, 7) is 1.19. The number of rotatable bonds is 3. The molecular weight excluding hydrogens is 320 g/mol. The molecule has 1 unspecified atom stereocenters. The zero-order valence-corrected chi connectivity index (χ0v) is 12.2. The van der Waals surface area contributed by atoms with E-state index in [9.17, 15) is 23.7 Å². The van der Waals surface area contributed by atoms with Gasteiger partial charge in [0.2, 0.25) is 0 Å². The lowest BCUT2D eigenvalue weighted by atomic mass is 9.69. The van der Waals surface area contributed by atoms with E-state index in [4.69, 9.17) is 16.7 Å². The van der Waals surface area contributed by atoms with Gasteiger partial charge in [-0.05, 0) is 18.6 Å². The molecule has 0 saturated heterocycles. The quantitative estimate of drug-likeness (QED) is 0.519. The highest BCUT2D eigenvalue weighted by Crippen LogP contribution is 2.50. The van der Waals surface area contributed by atoms with Crippen molar-refractivity contribution in [3.8, 4) is 0 Å². The van der Waals surface area contributed by atoms with Crippen molar-refractivity contribution in [1.29, 1.82) is 0 Å². The van der Waals surface area contributed by atoms with Gasteiger partial charge in [-0.25, -0.2) is 8.78 Å². The number of halogens is 3. The highest BCUT2D eigenvalue weighted by Gasteiger charge is 2.54. The van der Waals surface area contributed by atoms with Crippen LogP contribution in [0, 0.1) is 16.0 Å². The van der Waals surface area contributed by atoms with E-state index in [-0.39, 0.29) is 16.3 Å². The summed E-state index contributed by atoms with van der Waals surface area (Å²) in [6.07, 6.45) is 1.35. The monoisotopic (exact) mass is 331 g/mol. The molecule has 1 aliphatic carbocycles. The van der Waals surface area contributed by atoms with Crippen LogP contribution in [0.4, 0.5) is 14.5 Å². The van der Waals surface area contributed by atoms with Crippen molar-refractivity contribution in [2.45, 2.75) is 24.7 Å². The molecule has 8 heteroatoms. The third kappa shape index (κ3) is 2.56. The van der Waals surface area contributed by atoms with Crippen LogP contribution in [-0.4, -0.2) is 21.9 Å². The van der Waals surface area contributed by atoms with E-state index in [2.05, 4.69) is 0 Å². The second-order valence-corrected chi connectivity index (χ2v) is 5.74. The molecule has 0 amide bonds. The number of allylic oxidation sites excluding steroid dienone is 1. The topological polar surface area (TPSA) is 80.4 Å². The molecule has 5 nitrogen and oxygen atoms in total. The van der Waals surface area contributed by atoms with Crippen LogP contribution >= 0.6 is 11.6 Å². The normalized spacial score (nSPS) is 26.6. The minimum Gasteiger partial charge on any atom is -0.481 e. The van der Waals surface area contributed by atoms with Crippen LogP contribution in [0.3, 0.4) is 0 Å². The fourth-order valence-electron chi connectivity index (χ4n) is 2.47. The Morgan fingerprint density at radius 3 is 2.64 bits per heavy atom. The second kappa shape index (κ2) is 5.31. The van der Waals surface area contributed by atoms with E-state index in [1.165, 1.54) is 19.1 Å². The molecule has 0 fully saturated rings. The van der Waals surface area contributed by atoms with Gasteiger partial charge >= 0.3 is 5.97 Å². The number of hydrogen-bond acceptors (Lipinski definition) is 3. The highest BCUT2D eigenvalue weighted by molar-refractivity contribution is 6.31. The Hall–Kier alpha value is -2.02. The summed E-state index contributed by atoms with van der Waals surface area (Å²) >= 11 is 5.94. The molecule has 1 N–H and O–H groups in total. The number of carbonyl (C=O) groups is 1. The first-order valence-corrected chi connectivity index (χ1v) is 6.71. The maximum atomic E-state index is 14.5. The van der Waals surface area contributed by atoms with Gasteiger partial charge in [0.15, 0.2) is 0 Å². The number of nitrogens with zero attached hydrogens (tertiary/aromatic N) is 1. The molecule has 0 radical (unpaired) electrons. The molecule has 0 saturated carbocycles. The van der Waals surface area contributed by atoms with Crippen molar-refractivity contribution < 1.29 is 23.6 Å². The lowest BCUT2D eigenvalue weighted by Gasteiger charge is -2.40. The average molecular weight is 332 g/mol. The first-order chi connectivity index (χ1) is 10.1. The Balaban J connectivity index is 2.59. The number of non-ortho nitro benzene ring substituents is 1. The van der Waals surface area contributed by atoms with E-state index in [1.54, 1.807) is 0 Å². The number of nitro groups is 1. The molecule has 0 aliphatic heterocycles. The number of aliphatic carboxylic acids is 1. The molecule has 1 aliphatic rings. The number of benzene rings is 1. The summed E-state index contributed by atoms with van der Waals surface area (Å²) in [5.74, 6) is -6.06. The van der Waals surface area contributed by atoms with E-state index >= 15 is 0 Å². The molecule has 22 heavy (non-hydrogen) atoms. The zero-order chi connectivity index (χ0) is 16.7. The van der Waals surface area contributed by atoms with Gasteiger partial charge in [-0.15, -0.1) is 0 Å². The van der Waals surface area contributed by atoms with Crippen LogP contribution in [0.15, 0.2) is 30.4 Å². The summed E-state index contributed by atoms with van der Waals surface area (Å²) in [5, 5.41) is 19.7. The predicted molar refractivity (Wildman–Crippen MR) is 75.3 cm³/mol. The molecule has 2 atom stereocenters. The molecular formula is C14H12ClF2NO4. The summed E-state index contributed by atoms with van der Waals surface area (Å²) < 4.78 is 29.0. The van der Waals surface area contributed by atoms with E-state index in [0.29, 0.717) is 0 Å². The number of carboxylic acids is 1. The van der Waals surface area contributed by atoms with Crippen molar-refractivity contribution in [3.63, 3.8) is 0 Å². The lowest BCUT2D eigenvalue weighted by Crippen LogP contribution is -2.46. The van der Waals surface area contributed by atoms with Crippen molar-refractivity contribution in [2.24, 2.45) is 5.92 Å². The largest absolute Gasteiger partial charge is 0.481 e. The maximum Gasteiger partial charge on any atom is 0.310 e. The van der Waals surface area contributed by atoms with Crippen molar-refractivity contribution in [3.05, 3.63) is 51.1 Å². The standard InChI is InChI=1S/C14H12ClF2NO4/c1-13(5-4-8(12(19)20)7-14(13,16)17)10-6-9(18(21)22)2-3-11(10)15/h2-6,8H,7H2,1H3,(H,19,20)/t8-,13?/m0/s1. The van der Waals surface area contributed by atoms with E-state index < -0.39 is 34.6 Å². The van der Waals surface area contributed by atoms with Gasteiger partial charge in [0.05, 0.1) is 16.3 Å². The van der Waals surface area contributed by atoms with Gasteiger partial charge in [-0.3, -0.25) is 14.9 Å². The Morgan fingerprint density at radius 2 is 2.14 bits per heavy atom. The van der Waals surface area contributed by atoms with Crippen molar-refractivity contribution >= 4 is 23.3 Å². The Labute approximate surface area is 129 Å². The van der Waals surface area contributed by atoms with Crippen LogP contribution < -0.4 is 0 Å². The summed E-state index contributed by atoms with van der Waals surface area (Å²) in [6, 6.07) is 3.31. The molecule has 1 aromatic carbocycles. The fraction of sp³-hybridized carbons (Fsp3) is 0.357. The minimum absolute atomic E-state index is 0.0359. The molecule has 1 aromatic rings.